The predicted molar refractivity (Wildman–Crippen MR) is 159 cm³/mol. The minimum atomic E-state index is -1.90. The normalized spacial score (nSPS) is 20.5. The molecule has 2 atom stereocenters. The number of aliphatic hydroxyl groups is 2. The maximum Gasteiger partial charge on any atom is 0.414 e. The molecule has 0 saturated carbocycles. The van der Waals surface area contributed by atoms with Gasteiger partial charge in [-0.15, -0.1) is 5.10 Å². The van der Waals surface area contributed by atoms with Crippen LogP contribution in [0.4, 0.5) is 26.7 Å². The number of rotatable bonds is 11. The van der Waals surface area contributed by atoms with Crippen LogP contribution in [0.5, 0.6) is 0 Å². The van der Waals surface area contributed by atoms with E-state index >= 15 is 0 Å². The Balaban J connectivity index is 1.27. The molecule has 2 saturated heterocycles. The van der Waals surface area contributed by atoms with Crippen molar-refractivity contribution < 1.29 is 34.1 Å². The third kappa shape index (κ3) is 5.40. The molecule has 2 N–H and O–H groups in total. The first-order chi connectivity index (χ1) is 21.3. The molecule has 1 aromatic heterocycles. The average molecular weight is 603 g/mol. The Morgan fingerprint density at radius 2 is 1.75 bits per heavy atom. The number of aryl methyl sites for hydroxylation is 1. The van der Waals surface area contributed by atoms with Gasteiger partial charge in [-0.1, -0.05) is 36.4 Å². The summed E-state index contributed by atoms with van der Waals surface area (Å²) in [6.07, 6.45) is 5.61. The van der Waals surface area contributed by atoms with Crippen molar-refractivity contribution in [2.45, 2.75) is 38.5 Å². The second-order valence-electron chi connectivity index (χ2n) is 11.0. The molecule has 3 aliphatic rings. The van der Waals surface area contributed by atoms with Gasteiger partial charge in [-0.2, -0.15) is 0 Å². The van der Waals surface area contributed by atoms with E-state index in [4.69, 9.17) is 14.6 Å². The van der Waals surface area contributed by atoms with Gasteiger partial charge in [0.05, 0.1) is 31.0 Å². The summed E-state index contributed by atoms with van der Waals surface area (Å²) in [6, 6.07) is 12.5. The number of hydrogen-bond donors (Lipinski definition) is 2. The topological polar surface area (TPSA) is 151 Å². The number of fused-ring (bicyclic) bond motifs is 1. The molecule has 2 fully saturated rings. The van der Waals surface area contributed by atoms with E-state index in [0.717, 1.165) is 5.56 Å². The summed E-state index contributed by atoms with van der Waals surface area (Å²) in [7, 11) is 0. The van der Waals surface area contributed by atoms with Gasteiger partial charge in [0.1, 0.15) is 13.2 Å². The fraction of sp³-hybridized carbons (Fsp3) is 0.387. The Morgan fingerprint density at radius 1 is 1.02 bits per heavy atom. The number of ether oxygens (including phenoxy) is 2. The lowest BCUT2D eigenvalue weighted by Crippen LogP contribution is -2.44. The number of amides is 3. The number of anilines is 3. The van der Waals surface area contributed by atoms with Crippen LogP contribution in [-0.4, -0.2) is 76.2 Å². The van der Waals surface area contributed by atoms with Gasteiger partial charge in [-0.3, -0.25) is 19.3 Å². The van der Waals surface area contributed by atoms with Crippen LogP contribution in [-0.2, 0) is 39.4 Å². The van der Waals surface area contributed by atoms with E-state index in [0.29, 0.717) is 67.4 Å². The zero-order valence-electron chi connectivity index (χ0n) is 24.3. The van der Waals surface area contributed by atoms with E-state index in [-0.39, 0.29) is 19.8 Å². The average Bonchev–Trinajstić information content (AvgIpc) is 3.81. The largest absolute Gasteiger partial charge is 0.447 e. The molecule has 13 heteroatoms. The Bertz CT molecular complexity index is 1610. The molecular formula is C31H34N6O7. The SMILES string of the molecule is C[C@H](/C=C/CCn1cc(CCO)nn1)[C@@]1(O)C(=O)N(Cc2cccc(N3CCOC3=O)c2)c2ccc(N3CCOC3=O)cc21. The Morgan fingerprint density at radius 3 is 2.43 bits per heavy atom. The molecule has 230 valence electrons. The molecule has 6 rings (SSSR count). The van der Waals surface area contributed by atoms with Gasteiger partial charge in [0.25, 0.3) is 5.91 Å². The van der Waals surface area contributed by atoms with Crippen molar-refractivity contribution in [2.75, 3.05) is 47.6 Å². The summed E-state index contributed by atoms with van der Waals surface area (Å²) < 4.78 is 11.9. The van der Waals surface area contributed by atoms with Crippen LogP contribution >= 0.6 is 0 Å². The number of allylic oxidation sites excluding steroid dienone is 1. The van der Waals surface area contributed by atoms with Crippen LogP contribution in [0.1, 0.15) is 30.2 Å². The molecule has 44 heavy (non-hydrogen) atoms. The molecule has 0 radical (unpaired) electrons. The zero-order chi connectivity index (χ0) is 30.8. The van der Waals surface area contributed by atoms with Crippen LogP contribution in [0.15, 0.2) is 60.8 Å². The summed E-state index contributed by atoms with van der Waals surface area (Å²) >= 11 is 0. The lowest BCUT2D eigenvalue weighted by molar-refractivity contribution is -0.139. The number of aromatic nitrogens is 3. The molecule has 4 heterocycles. The minimum Gasteiger partial charge on any atom is -0.447 e. The van der Waals surface area contributed by atoms with Gasteiger partial charge >= 0.3 is 12.2 Å². The number of carbonyl (C=O) groups excluding carboxylic acids is 3. The highest BCUT2D eigenvalue weighted by molar-refractivity contribution is 6.08. The molecule has 13 nitrogen and oxygen atoms in total. The van der Waals surface area contributed by atoms with E-state index in [1.54, 1.807) is 45.8 Å². The second kappa shape index (κ2) is 12.1. The summed E-state index contributed by atoms with van der Waals surface area (Å²) in [5.41, 5.74) is 1.73. The smallest absolute Gasteiger partial charge is 0.414 e. The van der Waals surface area contributed by atoms with E-state index in [2.05, 4.69) is 10.3 Å². The quantitative estimate of drug-likeness (QED) is 0.316. The number of cyclic esters (lactones) is 2. The molecule has 0 spiro atoms. The minimum absolute atomic E-state index is 0.000384. The van der Waals surface area contributed by atoms with Crippen molar-refractivity contribution >= 4 is 35.2 Å². The fourth-order valence-corrected chi connectivity index (χ4v) is 5.84. The highest BCUT2D eigenvalue weighted by Crippen LogP contribution is 2.47. The highest BCUT2D eigenvalue weighted by atomic mass is 16.6. The van der Waals surface area contributed by atoms with Crippen molar-refractivity contribution in [3.8, 4) is 0 Å². The van der Waals surface area contributed by atoms with Gasteiger partial charge in [-0.05, 0) is 42.3 Å². The van der Waals surface area contributed by atoms with Gasteiger partial charge < -0.3 is 24.6 Å². The van der Waals surface area contributed by atoms with Crippen LogP contribution in [0.25, 0.3) is 0 Å². The Hall–Kier alpha value is -4.75. The number of carbonyl (C=O) groups is 3. The molecule has 3 aromatic rings. The second-order valence-corrected chi connectivity index (χ2v) is 11.0. The van der Waals surface area contributed by atoms with Crippen molar-refractivity contribution in [3.63, 3.8) is 0 Å². The van der Waals surface area contributed by atoms with Crippen LogP contribution < -0.4 is 14.7 Å². The first-order valence-electron chi connectivity index (χ1n) is 14.6. The van der Waals surface area contributed by atoms with Crippen LogP contribution in [0.3, 0.4) is 0 Å². The number of aliphatic hydroxyl groups excluding tert-OH is 1. The van der Waals surface area contributed by atoms with Gasteiger partial charge in [0.15, 0.2) is 5.60 Å². The summed E-state index contributed by atoms with van der Waals surface area (Å²) in [5.74, 6) is -1.10. The molecular weight excluding hydrogens is 568 g/mol. The van der Waals surface area contributed by atoms with E-state index in [1.165, 1.54) is 4.90 Å². The third-order valence-corrected chi connectivity index (χ3v) is 8.21. The van der Waals surface area contributed by atoms with E-state index in [1.807, 2.05) is 36.4 Å². The zero-order valence-corrected chi connectivity index (χ0v) is 24.3. The monoisotopic (exact) mass is 602 g/mol. The van der Waals surface area contributed by atoms with E-state index in [9.17, 15) is 19.5 Å². The number of benzene rings is 2. The maximum absolute atomic E-state index is 14.1. The molecule has 0 unspecified atom stereocenters. The van der Waals surface area contributed by atoms with Crippen LogP contribution in [0.2, 0.25) is 0 Å². The first kappa shape index (κ1) is 29.3. The van der Waals surface area contributed by atoms with Gasteiger partial charge in [-0.25, -0.2) is 9.59 Å². The molecule has 2 aromatic carbocycles. The summed E-state index contributed by atoms with van der Waals surface area (Å²) in [5, 5.41) is 29.4. The van der Waals surface area contributed by atoms with E-state index < -0.39 is 29.6 Å². The number of hydrogen-bond acceptors (Lipinski definition) is 9. The number of nitrogens with zero attached hydrogens (tertiary/aromatic N) is 6. The fourth-order valence-electron chi connectivity index (χ4n) is 5.84. The molecule has 0 bridgehead atoms. The highest BCUT2D eigenvalue weighted by Gasteiger charge is 2.53. The van der Waals surface area contributed by atoms with Crippen molar-refractivity contribution in [1.29, 1.82) is 0 Å². The summed E-state index contributed by atoms with van der Waals surface area (Å²) in [4.78, 5) is 43.2. The third-order valence-electron chi connectivity index (χ3n) is 8.21. The maximum atomic E-state index is 14.1. The lowest BCUT2D eigenvalue weighted by Gasteiger charge is -2.28. The lowest BCUT2D eigenvalue weighted by atomic mass is 9.82. The van der Waals surface area contributed by atoms with Crippen molar-refractivity contribution in [2.24, 2.45) is 5.92 Å². The Labute approximate surface area is 253 Å². The predicted octanol–water partition coefficient (Wildman–Crippen LogP) is 2.74. The molecule has 3 aliphatic heterocycles. The Kier molecular flexibility index (Phi) is 8.06. The van der Waals surface area contributed by atoms with Gasteiger partial charge in [0.2, 0.25) is 0 Å². The molecule has 0 aliphatic carbocycles. The van der Waals surface area contributed by atoms with Gasteiger partial charge in [0, 0.05) is 48.6 Å². The summed E-state index contributed by atoms with van der Waals surface area (Å²) in [6.45, 7) is 3.88. The van der Waals surface area contributed by atoms with Crippen LogP contribution in [0, 0.1) is 5.92 Å². The van der Waals surface area contributed by atoms with Crippen molar-refractivity contribution in [3.05, 3.63) is 77.6 Å². The van der Waals surface area contributed by atoms with Crippen molar-refractivity contribution in [1.82, 2.24) is 15.0 Å². The first-order valence-corrected chi connectivity index (χ1v) is 14.6. The standard InChI is InChI=1S/C31H34N6O7/c1-21(5-2-3-11-34-20-23(10-14-38)32-33-34)31(42)26-18-25(36-13-16-44-30(36)41)8-9-27(26)37(28(31)39)19-22-6-4-7-24(17-22)35-12-15-43-29(35)40/h2,4-9,17-18,20-21,38,42H,3,10-16,19H2,1H3/b5-2+/t21-,31+/m1/s1. The molecule has 3 amide bonds.